The fourth-order valence-corrected chi connectivity index (χ4v) is 4.29. The van der Waals surface area contributed by atoms with Crippen molar-refractivity contribution in [2.75, 3.05) is 25.5 Å². The van der Waals surface area contributed by atoms with E-state index in [1.165, 1.54) is 0 Å². The van der Waals surface area contributed by atoms with E-state index in [0.717, 1.165) is 28.5 Å². The topological polar surface area (TPSA) is 49.4 Å². The first-order valence-corrected chi connectivity index (χ1v) is 9.85. The molecule has 0 spiro atoms. The summed E-state index contributed by atoms with van der Waals surface area (Å²) in [7, 11) is 0.353. The predicted molar refractivity (Wildman–Crippen MR) is 104 cm³/mol. The Kier molecular flexibility index (Phi) is 5.25. The van der Waals surface area contributed by atoms with Gasteiger partial charge in [0.2, 0.25) is 10.0 Å². The number of sulfonamides is 1. The minimum Gasteiger partial charge on any atom is -0.377 e. The molecule has 131 valence electrons. The summed E-state index contributed by atoms with van der Waals surface area (Å²) in [5.74, 6) is 0. The lowest BCUT2D eigenvalue weighted by molar-refractivity contribution is 0.582. The molecule has 3 rings (SSSR count). The SMILES string of the molecule is CN(C)c1cccc2c(S(=O)(=O)NCCC3=CC[CH]C=C3)cccc12. The summed E-state index contributed by atoms with van der Waals surface area (Å²) in [6, 6.07) is 11.2. The molecule has 0 atom stereocenters. The average Bonchev–Trinajstić information content (AvgIpc) is 2.61. The van der Waals surface area contributed by atoms with Crippen molar-refractivity contribution in [3.8, 4) is 0 Å². The van der Waals surface area contributed by atoms with Crippen LogP contribution in [0.1, 0.15) is 12.8 Å². The van der Waals surface area contributed by atoms with Crippen LogP contribution in [0.2, 0.25) is 0 Å². The van der Waals surface area contributed by atoms with Gasteiger partial charge < -0.3 is 4.90 Å². The molecule has 0 unspecified atom stereocenters. The van der Waals surface area contributed by atoms with Gasteiger partial charge in [0.15, 0.2) is 0 Å². The lowest BCUT2D eigenvalue weighted by atomic mass is 10.0. The first kappa shape index (κ1) is 17.7. The van der Waals surface area contributed by atoms with E-state index < -0.39 is 10.0 Å². The van der Waals surface area contributed by atoms with Gasteiger partial charge in [-0.2, -0.15) is 0 Å². The van der Waals surface area contributed by atoms with Gasteiger partial charge in [0.1, 0.15) is 0 Å². The fraction of sp³-hybridized carbons (Fsp3) is 0.250. The van der Waals surface area contributed by atoms with Gasteiger partial charge in [-0.15, -0.1) is 0 Å². The molecule has 5 heteroatoms. The van der Waals surface area contributed by atoms with Crippen LogP contribution in [-0.4, -0.2) is 29.1 Å². The normalized spacial score (nSPS) is 14.6. The molecule has 2 aromatic carbocycles. The molecule has 4 nitrogen and oxygen atoms in total. The molecule has 0 aromatic heterocycles. The second-order valence-electron chi connectivity index (χ2n) is 6.28. The predicted octanol–water partition coefficient (Wildman–Crippen LogP) is 3.66. The van der Waals surface area contributed by atoms with Gasteiger partial charge in [0.25, 0.3) is 0 Å². The molecule has 25 heavy (non-hydrogen) atoms. The molecular weight excluding hydrogens is 332 g/mol. The highest BCUT2D eigenvalue weighted by Gasteiger charge is 2.18. The number of hydrogen-bond acceptors (Lipinski definition) is 3. The van der Waals surface area contributed by atoms with Crippen LogP contribution >= 0.6 is 0 Å². The number of anilines is 1. The number of rotatable bonds is 6. The number of nitrogens with one attached hydrogen (secondary N) is 1. The summed E-state index contributed by atoms with van der Waals surface area (Å²) in [5, 5.41) is 1.68. The molecule has 0 saturated heterocycles. The summed E-state index contributed by atoms with van der Waals surface area (Å²) in [6.07, 6.45) is 9.84. The van der Waals surface area contributed by atoms with E-state index in [2.05, 4.69) is 17.2 Å². The van der Waals surface area contributed by atoms with Gasteiger partial charge >= 0.3 is 0 Å². The highest BCUT2D eigenvalue weighted by molar-refractivity contribution is 7.89. The largest absolute Gasteiger partial charge is 0.377 e. The quantitative estimate of drug-likeness (QED) is 0.860. The van der Waals surface area contributed by atoms with Gasteiger partial charge in [-0.05, 0) is 31.4 Å². The Morgan fingerprint density at radius 2 is 1.84 bits per heavy atom. The summed E-state index contributed by atoms with van der Waals surface area (Å²) in [6.45, 7) is 0.391. The lowest BCUT2D eigenvalue weighted by Gasteiger charge is -2.17. The molecule has 0 amide bonds. The Morgan fingerprint density at radius 3 is 2.56 bits per heavy atom. The highest BCUT2D eigenvalue weighted by atomic mass is 32.2. The third-order valence-corrected chi connectivity index (χ3v) is 5.82. The summed E-state index contributed by atoms with van der Waals surface area (Å²) < 4.78 is 28.3. The Morgan fingerprint density at radius 1 is 1.08 bits per heavy atom. The molecule has 2 aromatic rings. The average molecular weight is 355 g/mol. The lowest BCUT2D eigenvalue weighted by Crippen LogP contribution is -2.25. The third kappa shape index (κ3) is 3.94. The van der Waals surface area contributed by atoms with Crippen LogP contribution in [0.3, 0.4) is 0 Å². The van der Waals surface area contributed by atoms with Crippen LogP contribution in [-0.2, 0) is 10.0 Å². The van der Waals surface area contributed by atoms with Crippen LogP contribution in [0, 0.1) is 6.42 Å². The van der Waals surface area contributed by atoms with Crippen molar-refractivity contribution >= 4 is 26.5 Å². The fourth-order valence-electron chi connectivity index (χ4n) is 3.04. The molecule has 1 radical (unpaired) electrons. The van der Waals surface area contributed by atoms with Gasteiger partial charge in [0, 0.05) is 37.1 Å². The zero-order chi connectivity index (χ0) is 17.9. The zero-order valence-corrected chi connectivity index (χ0v) is 15.4. The van der Waals surface area contributed by atoms with Gasteiger partial charge in [-0.25, -0.2) is 13.1 Å². The number of benzene rings is 2. The van der Waals surface area contributed by atoms with Gasteiger partial charge in [-0.1, -0.05) is 48.1 Å². The standard InChI is InChI=1S/C20H23N2O2S/c1-22(2)19-12-6-11-18-17(19)10-7-13-20(18)25(23,24)21-15-14-16-8-4-3-5-9-16/h3-4,6-13,21H,5,14-15H2,1-2H3. The van der Waals surface area contributed by atoms with Crippen molar-refractivity contribution in [1.82, 2.24) is 4.72 Å². The van der Waals surface area contributed by atoms with E-state index in [9.17, 15) is 8.42 Å². The maximum atomic E-state index is 12.8. The Bertz CT molecular complexity index is 928. The molecule has 1 N–H and O–H groups in total. The van der Waals surface area contributed by atoms with Gasteiger partial charge in [0.05, 0.1) is 4.90 Å². The second-order valence-corrected chi connectivity index (χ2v) is 8.02. The highest BCUT2D eigenvalue weighted by Crippen LogP contribution is 2.30. The van der Waals surface area contributed by atoms with Crippen molar-refractivity contribution in [2.24, 2.45) is 0 Å². The minimum atomic E-state index is -3.56. The van der Waals surface area contributed by atoms with Crippen LogP contribution in [0.5, 0.6) is 0 Å². The van der Waals surface area contributed by atoms with E-state index in [4.69, 9.17) is 0 Å². The Balaban J connectivity index is 1.85. The number of hydrogen-bond donors (Lipinski definition) is 1. The van der Waals surface area contributed by atoms with E-state index in [0.29, 0.717) is 17.9 Å². The Hall–Kier alpha value is -2.11. The van der Waals surface area contributed by atoms with E-state index >= 15 is 0 Å². The molecule has 0 bridgehead atoms. The van der Waals surface area contributed by atoms with Crippen molar-refractivity contribution in [3.05, 3.63) is 66.6 Å². The summed E-state index contributed by atoms with van der Waals surface area (Å²) >= 11 is 0. The van der Waals surface area contributed by atoms with Crippen molar-refractivity contribution in [3.63, 3.8) is 0 Å². The number of allylic oxidation sites excluding steroid dienone is 3. The van der Waals surface area contributed by atoms with Crippen molar-refractivity contribution in [1.29, 1.82) is 0 Å². The zero-order valence-electron chi connectivity index (χ0n) is 14.6. The smallest absolute Gasteiger partial charge is 0.241 e. The van der Waals surface area contributed by atoms with Crippen molar-refractivity contribution < 1.29 is 8.42 Å². The molecule has 1 aliphatic carbocycles. The molecule has 0 fully saturated rings. The first-order valence-electron chi connectivity index (χ1n) is 8.37. The molecule has 0 heterocycles. The third-order valence-electron chi connectivity index (χ3n) is 4.30. The first-order chi connectivity index (χ1) is 12.0. The van der Waals surface area contributed by atoms with Crippen molar-refractivity contribution in [2.45, 2.75) is 17.7 Å². The van der Waals surface area contributed by atoms with E-state index in [1.54, 1.807) is 12.1 Å². The molecule has 0 saturated carbocycles. The number of fused-ring (bicyclic) bond motifs is 1. The van der Waals surface area contributed by atoms with Gasteiger partial charge in [-0.3, -0.25) is 0 Å². The van der Waals surface area contributed by atoms with Crippen LogP contribution in [0.15, 0.2) is 65.1 Å². The summed E-state index contributed by atoms with van der Waals surface area (Å²) in [5.41, 5.74) is 2.17. The summed E-state index contributed by atoms with van der Waals surface area (Å²) in [4.78, 5) is 2.32. The maximum absolute atomic E-state index is 12.8. The Labute approximate surface area is 149 Å². The van der Waals surface area contributed by atoms with Crippen LogP contribution < -0.4 is 9.62 Å². The monoisotopic (exact) mass is 355 g/mol. The minimum absolute atomic E-state index is 0.329. The van der Waals surface area contributed by atoms with E-state index in [-0.39, 0.29) is 0 Å². The molecule has 1 aliphatic rings. The van der Waals surface area contributed by atoms with Crippen LogP contribution in [0.25, 0.3) is 10.8 Å². The van der Waals surface area contributed by atoms with E-state index in [1.807, 2.05) is 55.4 Å². The maximum Gasteiger partial charge on any atom is 0.241 e. The molecule has 0 aliphatic heterocycles. The van der Waals surface area contributed by atoms with Crippen LogP contribution in [0.4, 0.5) is 5.69 Å². The number of nitrogens with zero attached hydrogens (tertiary/aromatic N) is 1. The molecular formula is C20H23N2O2S. The second kappa shape index (κ2) is 7.42.